The van der Waals surface area contributed by atoms with E-state index in [0.717, 1.165) is 16.9 Å². The van der Waals surface area contributed by atoms with Crippen LogP contribution in [0.5, 0.6) is 0 Å². The second-order valence-corrected chi connectivity index (χ2v) is 7.20. The molecular weight excluding hydrogens is 390 g/mol. The number of rotatable bonds is 5. The Hall–Kier alpha value is -3.32. The van der Waals surface area contributed by atoms with Crippen molar-refractivity contribution in [2.45, 2.75) is 6.42 Å². The number of nitrogens with one attached hydrogen (secondary N) is 2. The molecule has 0 radical (unpaired) electrons. The molecule has 4 rings (SSSR count). The first-order valence-electron chi connectivity index (χ1n) is 9.28. The third-order valence-corrected chi connectivity index (χ3v) is 4.93. The highest BCUT2D eigenvalue weighted by atomic mass is 35.5. The van der Waals surface area contributed by atoms with Gasteiger partial charge in [-0.25, -0.2) is 4.68 Å². The van der Waals surface area contributed by atoms with E-state index in [9.17, 15) is 9.59 Å². The molecule has 148 valence electrons. The van der Waals surface area contributed by atoms with Crippen molar-refractivity contribution in [2.75, 3.05) is 29.9 Å². The number of carbonyl (C=O) groups excluding carboxylic acids is 2. The van der Waals surface area contributed by atoms with E-state index in [0.29, 0.717) is 23.8 Å². The minimum absolute atomic E-state index is 0.0271. The number of hydrogen-bond acceptors (Lipinski definition) is 4. The number of halogens is 1. The van der Waals surface area contributed by atoms with Crippen LogP contribution in [0.4, 0.5) is 11.4 Å². The fourth-order valence-corrected chi connectivity index (χ4v) is 3.55. The van der Waals surface area contributed by atoms with Gasteiger partial charge in [0, 0.05) is 25.0 Å². The van der Waals surface area contributed by atoms with E-state index in [1.807, 2.05) is 47.5 Å². The van der Waals surface area contributed by atoms with Crippen LogP contribution in [0.1, 0.15) is 5.56 Å². The number of benzene rings is 2. The van der Waals surface area contributed by atoms with Gasteiger partial charge in [-0.1, -0.05) is 29.8 Å². The summed E-state index contributed by atoms with van der Waals surface area (Å²) in [6.07, 6.45) is 3.73. The predicted octanol–water partition coefficient (Wildman–Crippen LogP) is 2.64. The number of hydrogen-bond donors (Lipinski definition) is 2. The summed E-state index contributed by atoms with van der Waals surface area (Å²) in [7, 11) is 0. The molecule has 1 aliphatic rings. The second kappa shape index (κ2) is 8.36. The molecule has 2 N–H and O–H groups in total. The Morgan fingerprint density at radius 1 is 1.21 bits per heavy atom. The molecule has 2 heterocycles. The molecular formula is C21H20ClN5O2. The van der Waals surface area contributed by atoms with Crippen molar-refractivity contribution in [1.82, 2.24) is 15.1 Å². The Kier molecular flexibility index (Phi) is 5.48. The summed E-state index contributed by atoms with van der Waals surface area (Å²) in [4.78, 5) is 25.9. The molecule has 2 amide bonds. The Labute approximate surface area is 173 Å². The monoisotopic (exact) mass is 409 g/mol. The standard InChI is InChI=1S/C21H20ClN5O2/c22-18-11-16(6-7-19(18)26-9-8-23-21(29)14-26)25-20(28)10-15-12-24-27(13-15)17-4-2-1-3-5-17/h1-7,11-13H,8-10,14H2,(H,23,29)(H,25,28). The summed E-state index contributed by atoms with van der Waals surface area (Å²) in [5.74, 6) is -0.181. The van der Waals surface area contributed by atoms with Gasteiger partial charge in [0.1, 0.15) is 0 Å². The van der Waals surface area contributed by atoms with Crippen LogP contribution in [-0.2, 0) is 16.0 Å². The van der Waals surface area contributed by atoms with Crippen molar-refractivity contribution >= 4 is 34.8 Å². The highest BCUT2D eigenvalue weighted by Gasteiger charge is 2.19. The molecule has 1 saturated heterocycles. The van der Waals surface area contributed by atoms with Crippen LogP contribution in [0.15, 0.2) is 60.9 Å². The van der Waals surface area contributed by atoms with Crippen LogP contribution < -0.4 is 15.5 Å². The lowest BCUT2D eigenvalue weighted by atomic mass is 10.2. The average molecular weight is 410 g/mol. The number of aromatic nitrogens is 2. The van der Waals surface area contributed by atoms with Crippen molar-refractivity contribution in [3.63, 3.8) is 0 Å². The Balaban J connectivity index is 1.39. The number of piperazine rings is 1. The molecule has 3 aromatic rings. The van der Waals surface area contributed by atoms with Crippen molar-refractivity contribution in [3.8, 4) is 5.69 Å². The summed E-state index contributed by atoms with van der Waals surface area (Å²) >= 11 is 6.39. The van der Waals surface area contributed by atoms with Crippen LogP contribution in [-0.4, -0.2) is 41.2 Å². The molecule has 0 spiro atoms. The number of anilines is 2. The molecule has 0 aliphatic carbocycles. The summed E-state index contributed by atoms with van der Waals surface area (Å²) in [5.41, 5.74) is 3.14. The normalized spacial score (nSPS) is 13.8. The minimum Gasteiger partial charge on any atom is -0.359 e. The van der Waals surface area contributed by atoms with E-state index < -0.39 is 0 Å². The molecule has 1 aromatic heterocycles. The smallest absolute Gasteiger partial charge is 0.239 e. The minimum atomic E-state index is -0.154. The van der Waals surface area contributed by atoms with Gasteiger partial charge < -0.3 is 15.5 Å². The molecule has 0 saturated carbocycles. The van der Waals surface area contributed by atoms with Crippen LogP contribution >= 0.6 is 11.6 Å². The first-order chi connectivity index (χ1) is 14.1. The number of para-hydroxylation sites is 1. The third-order valence-electron chi connectivity index (χ3n) is 4.63. The quantitative estimate of drug-likeness (QED) is 0.679. The van der Waals surface area contributed by atoms with E-state index in [-0.39, 0.29) is 24.8 Å². The van der Waals surface area contributed by atoms with Crippen LogP contribution in [0.25, 0.3) is 5.69 Å². The largest absolute Gasteiger partial charge is 0.359 e. The maximum atomic E-state index is 12.4. The van der Waals surface area contributed by atoms with Gasteiger partial charge >= 0.3 is 0 Å². The summed E-state index contributed by atoms with van der Waals surface area (Å²) in [6.45, 7) is 1.56. The lowest BCUT2D eigenvalue weighted by molar-refractivity contribution is -0.120. The average Bonchev–Trinajstić information content (AvgIpc) is 3.17. The summed E-state index contributed by atoms with van der Waals surface area (Å²) in [5, 5.41) is 10.4. The topological polar surface area (TPSA) is 79.3 Å². The molecule has 8 heteroatoms. The third kappa shape index (κ3) is 4.57. The molecule has 1 aliphatic heterocycles. The van der Waals surface area contributed by atoms with Gasteiger partial charge in [-0.05, 0) is 35.9 Å². The van der Waals surface area contributed by atoms with Gasteiger partial charge in [0.25, 0.3) is 0 Å². The number of amides is 2. The van der Waals surface area contributed by atoms with Gasteiger partial charge in [-0.2, -0.15) is 5.10 Å². The van der Waals surface area contributed by atoms with Gasteiger partial charge in [0.2, 0.25) is 11.8 Å². The fourth-order valence-electron chi connectivity index (χ4n) is 3.25. The zero-order chi connectivity index (χ0) is 20.2. The fraction of sp³-hybridized carbons (Fsp3) is 0.190. The van der Waals surface area contributed by atoms with E-state index in [1.54, 1.807) is 23.0 Å². The lowest BCUT2D eigenvalue weighted by Gasteiger charge is -2.29. The SMILES string of the molecule is O=C1CN(c2ccc(NC(=O)Cc3cnn(-c4ccccc4)c3)cc2Cl)CCN1. The van der Waals surface area contributed by atoms with Crippen molar-refractivity contribution < 1.29 is 9.59 Å². The first kappa shape index (κ1) is 19.0. The Bertz CT molecular complexity index is 1030. The zero-order valence-electron chi connectivity index (χ0n) is 15.6. The van der Waals surface area contributed by atoms with Crippen molar-refractivity contribution in [1.29, 1.82) is 0 Å². The van der Waals surface area contributed by atoms with Gasteiger partial charge in [-0.3, -0.25) is 9.59 Å². The van der Waals surface area contributed by atoms with E-state index in [4.69, 9.17) is 11.6 Å². The van der Waals surface area contributed by atoms with E-state index >= 15 is 0 Å². The molecule has 7 nitrogen and oxygen atoms in total. The summed E-state index contributed by atoms with van der Waals surface area (Å²) < 4.78 is 1.74. The molecule has 1 fully saturated rings. The number of carbonyl (C=O) groups is 2. The molecule has 0 unspecified atom stereocenters. The summed E-state index contributed by atoms with van der Waals surface area (Å²) in [6, 6.07) is 15.0. The van der Waals surface area contributed by atoms with E-state index in [2.05, 4.69) is 15.7 Å². The molecule has 2 aromatic carbocycles. The highest BCUT2D eigenvalue weighted by molar-refractivity contribution is 6.33. The number of nitrogens with zero attached hydrogens (tertiary/aromatic N) is 3. The van der Waals surface area contributed by atoms with Crippen molar-refractivity contribution in [2.24, 2.45) is 0 Å². The van der Waals surface area contributed by atoms with Crippen LogP contribution in [0.2, 0.25) is 5.02 Å². The predicted molar refractivity (Wildman–Crippen MR) is 113 cm³/mol. The molecule has 29 heavy (non-hydrogen) atoms. The zero-order valence-corrected chi connectivity index (χ0v) is 16.4. The Morgan fingerprint density at radius 2 is 2.03 bits per heavy atom. The highest BCUT2D eigenvalue weighted by Crippen LogP contribution is 2.29. The first-order valence-corrected chi connectivity index (χ1v) is 9.66. The van der Waals surface area contributed by atoms with Crippen LogP contribution in [0, 0.1) is 0 Å². The maximum Gasteiger partial charge on any atom is 0.239 e. The van der Waals surface area contributed by atoms with Crippen LogP contribution in [0.3, 0.4) is 0 Å². The van der Waals surface area contributed by atoms with Gasteiger partial charge in [-0.15, -0.1) is 0 Å². The molecule has 0 bridgehead atoms. The Morgan fingerprint density at radius 3 is 2.79 bits per heavy atom. The van der Waals surface area contributed by atoms with Crippen molar-refractivity contribution in [3.05, 3.63) is 71.5 Å². The molecule has 0 atom stereocenters. The maximum absolute atomic E-state index is 12.4. The second-order valence-electron chi connectivity index (χ2n) is 6.79. The van der Waals surface area contributed by atoms with Gasteiger partial charge in [0.05, 0.1) is 35.6 Å². The van der Waals surface area contributed by atoms with E-state index in [1.165, 1.54) is 0 Å². The van der Waals surface area contributed by atoms with Gasteiger partial charge in [0.15, 0.2) is 0 Å². The lowest BCUT2D eigenvalue weighted by Crippen LogP contribution is -2.47.